The minimum atomic E-state index is -0.551. The van der Waals surface area contributed by atoms with Gasteiger partial charge in [0.1, 0.15) is 0 Å². The molecule has 3 aromatic rings. The third-order valence-electron chi connectivity index (χ3n) is 4.17. The van der Waals surface area contributed by atoms with Gasteiger partial charge in [-0.05, 0) is 41.8 Å². The van der Waals surface area contributed by atoms with E-state index in [-0.39, 0.29) is 0 Å². The Kier molecular flexibility index (Phi) is 3.35. The zero-order chi connectivity index (χ0) is 16.6. The van der Waals surface area contributed by atoms with Gasteiger partial charge in [-0.2, -0.15) is 0 Å². The molecule has 0 spiro atoms. The van der Waals surface area contributed by atoms with E-state index < -0.39 is 5.60 Å². The summed E-state index contributed by atoms with van der Waals surface area (Å²) in [6.45, 7) is 2.38. The first-order chi connectivity index (χ1) is 11.7. The summed E-state index contributed by atoms with van der Waals surface area (Å²) in [5.41, 5.74) is 2.22. The quantitative estimate of drug-likeness (QED) is 0.544. The van der Waals surface area contributed by atoms with Gasteiger partial charge >= 0.3 is 0 Å². The molecule has 24 heavy (non-hydrogen) atoms. The number of carbonyl (C=O) groups excluding carboxylic acids is 1. The van der Waals surface area contributed by atoms with Gasteiger partial charge in [0, 0.05) is 30.0 Å². The standard InChI is InChI=1S/C20H15NO3/c1-14-10-19(24-21-14)18-5-4-16-11-15(2-3-17(16)12-18)6-7-20(8-9-20)23-13-22/h2-5,10-13H,8-9H2,1H3. The maximum Gasteiger partial charge on any atom is 0.294 e. The van der Waals surface area contributed by atoms with Gasteiger partial charge < -0.3 is 9.26 Å². The smallest absolute Gasteiger partial charge is 0.294 e. The van der Waals surface area contributed by atoms with Crippen molar-refractivity contribution in [2.24, 2.45) is 0 Å². The first-order valence-electron chi connectivity index (χ1n) is 7.80. The SMILES string of the molecule is Cc1cc(-c2ccc3cc(C#CC4(OC=O)CC4)ccc3c2)on1. The largest absolute Gasteiger partial charge is 0.448 e. The highest BCUT2D eigenvalue weighted by atomic mass is 16.5. The molecule has 0 amide bonds. The lowest BCUT2D eigenvalue weighted by atomic mass is 10.0. The highest BCUT2D eigenvalue weighted by molar-refractivity contribution is 5.87. The van der Waals surface area contributed by atoms with Crippen molar-refractivity contribution in [2.75, 3.05) is 0 Å². The van der Waals surface area contributed by atoms with E-state index in [0.717, 1.165) is 46.2 Å². The fourth-order valence-electron chi connectivity index (χ4n) is 2.64. The number of aromatic nitrogens is 1. The van der Waals surface area contributed by atoms with Crippen LogP contribution in [0.3, 0.4) is 0 Å². The zero-order valence-electron chi connectivity index (χ0n) is 13.2. The van der Waals surface area contributed by atoms with Crippen molar-refractivity contribution in [1.29, 1.82) is 0 Å². The van der Waals surface area contributed by atoms with Crippen molar-refractivity contribution < 1.29 is 14.1 Å². The summed E-state index contributed by atoms with van der Waals surface area (Å²) in [5.74, 6) is 6.94. The van der Waals surface area contributed by atoms with Crippen molar-refractivity contribution in [3.8, 4) is 23.2 Å². The molecule has 0 unspecified atom stereocenters. The van der Waals surface area contributed by atoms with Crippen molar-refractivity contribution in [3.63, 3.8) is 0 Å². The van der Waals surface area contributed by atoms with Crippen molar-refractivity contribution in [1.82, 2.24) is 5.16 Å². The van der Waals surface area contributed by atoms with Crippen LogP contribution in [-0.4, -0.2) is 17.2 Å². The van der Waals surface area contributed by atoms with Crippen molar-refractivity contribution in [2.45, 2.75) is 25.4 Å². The zero-order valence-corrected chi connectivity index (χ0v) is 13.2. The number of benzene rings is 2. The second-order valence-corrected chi connectivity index (χ2v) is 6.07. The highest BCUT2D eigenvalue weighted by Gasteiger charge is 2.43. The third kappa shape index (κ3) is 2.77. The highest BCUT2D eigenvalue weighted by Crippen LogP contribution is 2.38. The topological polar surface area (TPSA) is 52.3 Å². The van der Waals surface area contributed by atoms with Crippen LogP contribution in [0.5, 0.6) is 0 Å². The summed E-state index contributed by atoms with van der Waals surface area (Å²) in [6, 6.07) is 14.1. The Morgan fingerprint density at radius 1 is 1.17 bits per heavy atom. The van der Waals surface area contributed by atoms with E-state index >= 15 is 0 Å². The molecule has 1 heterocycles. The van der Waals surface area contributed by atoms with Gasteiger partial charge in [0.15, 0.2) is 11.4 Å². The number of hydrogen-bond donors (Lipinski definition) is 0. The van der Waals surface area contributed by atoms with Crippen LogP contribution in [0.25, 0.3) is 22.1 Å². The molecule has 0 aliphatic heterocycles. The molecule has 4 nitrogen and oxygen atoms in total. The van der Waals surface area contributed by atoms with Crippen LogP contribution in [0.15, 0.2) is 47.0 Å². The van der Waals surface area contributed by atoms with Gasteiger partial charge in [-0.25, -0.2) is 0 Å². The van der Waals surface area contributed by atoms with E-state index in [1.165, 1.54) is 0 Å². The van der Waals surface area contributed by atoms with E-state index in [9.17, 15) is 4.79 Å². The average molecular weight is 317 g/mol. The van der Waals surface area contributed by atoms with Crippen molar-refractivity contribution >= 4 is 17.2 Å². The summed E-state index contributed by atoms with van der Waals surface area (Å²) < 4.78 is 10.4. The Bertz CT molecular complexity index is 987. The van der Waals surface area contributed by atoms with Crippen LogP contribution in [0.4, 0.5) is 0 Å². The fraction of sp³-hybridized carbons (Fsp3) is 0.200. The van der Waals surface area contributed by atoms with Gasteiger partial charge in [0.25, 0.3) is 6.47 Å². The molecule has 0 N–H and O–H groups in total. The Hall–Kier alpha value is -3.06. The van der Waals surface area contributed by atoms with Crippen molar-refractivity contribution in [3.05, 3.63) is 53.7 Å². The summed E-state index contributed by atoms with van der Waals surface area (Å²) in [4.78, 5) is 10.5. The summed E-state index contributed by atoms with van der Waals surface area (Å²) in [6.07, 6.45) is 1.62. The number of nitrogens with zero attached hydrogens (tertiary/aromatic N) is 1. The summed E-state index contributed by atoms with van der Waals surface area (Å²) >= 11 is 0. The molecule has 1 aliphatic carbocycles. The van der Waals surface area contributed by atoms with E-state index in [2.05, 4.69) is 23.1 Å². The summed E-state index contributed by atoms with van der Waals surface area (Å²) in [5, 5.41) is 6.13. The Labute approximate surface area is 139 Å². The predicted octanol–water partition coefficient (Wildman–Crippen LogP) is 3.86. The molecule has 118 valence electrons. The predicted molar refractivity (Wildman–Crippen MR) is 90.2 cm³/mol. The molecular formula is C20H15NO3. The molecule has 1 aliphatic rings. The molecular weight excluding hydrogens is 302 g/mol. The van der Waals surface area contributed by atoms with Crippen LogP contribution in [0.2, 0.25) is 0 Å². The van der Waals surface area contributed by atoms with E-state index in [4.69, 9.17) is 9.26 Å². The Morgan fingerprint density at radius 3 is 2.67 bits per heavy atom. The molecule has 1 fully saturated rings. The number of ether oxygens (including phenoxy) is 1. The van der Waals surface area contributed by atoms with Gasteiger partial charge in [0.2, 0.25) is 0 Å². The second kappa shape index (κ2) is 5.54. The number of carbonyl (C=O) groups is 1. The molecule has 4 rings (SSSR count). The molecule has 2 aromatic carbocycles. The Morgan fingerprint density at radius 2 is 1.96 bits per heavy atom. The second-order valence-electron chi connectivity index (χ2n) is 6.07. The van der Waals surface area contributed by atoms with Gasteiger partial charge in [0.05, 0.1) is 5.69 Å². The molecule has 0 radical (unpaired) electrons. The van der Waals surface area contributed by atoms with Gasteiger partial charge in [-0.3, -0.25) is 4.79 Å². The lowest BCUT2D eigenvalue weighted by molar-refractivity contribution is -0.132. The number of aryl methyl sites for hydroxylation is 1. The van der Waals surface area contributed by atoms with E-state index in [1.54, 1.807) is 0 Å². The fourth-order valence-corrected chi connectivity index (χ4v) is 2.64. The molecule has 0 saturated heterocycles. The minimum Gasteiger partial charge on any atom is -0.448 e. The lowest BCUT2D eigenvalue weighted by Crippen LogP contribution is -2.09. The van der Waals surface area contributed by atoms with E-state index in [0.29, 0.717) is 6.47 Å². The molecule has 0 bridgehead atoms. The van der Waals surface area contributed by atoms with Gasteiger partial charge in [-0.1, -0.05) is 29.3 Å². The monoisotopic (exact) mass is 317 g/mol. The molecule has 1 aromatic heterocycles. The maximum absolute atomic E-state index is 10.5. The van der Waals surface area contributed by atoms with Crippen LogP contribution in [-0.2, 0) is 9.53 Å². The maximum atomic E-state index is 10.5. The molecule has 0 atom stereocenters. The Balaban J connectivity index is 1.65. The number of rotatable bonds is 3. The lowest BCUT2D eigenvalue weighted by Gasteiger charge is -2.04. The summed E-state index contributed by atoms with van der Waals surface area (Å²) in [7, 11) is 0. The van der Waals surface area contributed by atoms with Crippen LogP contribution in [0, 0.1) is 18.8 Å². The van der Waals surface area contributed by atoms with Crippen LogP contribution < -0.4 is 0 Å². The average Bonchev–Trinajstić information content (AvgIpc) is 3.23. The third-order valence-corrected chi connectivity index (χ3v) is 4.17. The van der Waals surface area contributed by atoms with Crippen LogP contribution in [0.1, 0.15) is 24.1 Å². The molecule has 1 saturated carbocycles. The van der Waals surface area contributed by atoms with Gasteiger partial charge in [-0.15, -0.1) is 0 Å². The minimum absolute atomic E-state index is 0.481. The number of hydrogen-bond acceptors (Lipinski definition) is 4. The van der Waals surface area contributed by atoms with Crippen LogP contribution >= 0.6 is 0 Å². The normalized spacial score (nSPS) is 14.7. The molecule has 4 heteroatoms. The van der Waals surface area contributed by atoms with E-state index in [1.807, 2.05) is 43.3 Å². The first kappa shape index (κ1) is 14.5. The number of fused-ring (bicyclic) bond motifs is 1. The first-order valence-corrected chi connectivity index (χ1v) is 7.80.